The summed E-state index contributed by atoms with van der Waals surface area (Å²) < 4.78 is 4.82. The van der Waals surface area contributed by atoms with Gasteiger partial charge in [0.25, 0.3) is 0 Å². The first kappa shape index (κ1) is 19.6. The number of aromatic carboxylic acids is 2. The number of hydrogen-bond donors (Lipinski definition) is 3. The molecule has 0 bridgehead atoms. The van der Waals surface area contributed by atoms with Crippen LogP contribution in [0.1, 0.15) is 51.8 Å². The summed E-state index contributed by atoms with van der Waals surface area (Å²) in [4.78, 5) is 61.4. The van der Waals surface area contributed by atoms with E-state index >= 15 is 0 Å². The normalized spacial score (nSPS) is 13.2. The molecule has 164 valence electrons. The second kappa shape index (κ2) is 6.26. The fourth-order valence-corrected chi connectivity index (χ4v) is 5.07. The number of amides is 1. The number of carboxylic acids is 2. The van der Waals surface area contributed by atoms with E-state index in [2.05, 4.69) is 0 Å². The van der Waals surface area contributed by atoms with Gasteiger partial charge in [-0.15, -0.1) is 0 Å². The molecule has 1 aliphatic heterocycles. The van der Waals surface area contributed by atoms with Crippen molar-refractivity contribution in [2.24, 2.45) is 5.73 Å². The summed E-state index contributed by atoms with van der Waals surface area (Å²) >= 11 is 0. The minimum Gasteiger partial charge on any atom is -0.478 e. The Kier molecular flexibility index (Phi) is 3.61. The molecule has 0 saturated heterocycles. The van der Waals surface area contributed by atoms with Crippen LogP contribution in [0.5, 0.6) is 0 Å². The van der Waals surface area contributed by atoms with Crippen molar-refractivity contribution in [1.82, 2.24) is 0 Å². The van der Waals surface area contributed by atoms with E-state index < -0.39 is 29.8 Å². The SMILES string of the molecule is NC(=O)c1cc2c3c(ccc4c5ccc(C(=O)O)c6c(C(=O)O)ccc(c1c34)c65)C(=O)OC2=O. The predicted molar refractivity (Wildman–Crippen MR) is 120 cm³/mol. The van der Waals surface area contributed by atoms with Gasteiger partial charge in [0.1, 0.15) is 0 Å². The molecule has 9 heteroatoms. The van der Waals surface area contributed by atoms with Crippen LogP contribution in [0.3, 0.4) is 0 Å². The molecular weight excluding hydrogens is 442 g/mol. The molecule has 6 rings (SSSR count). The Balaban J connectivity index is 2.02. The van der Waals surface area contributed by atoms with Crippen molar-refractivity contribution >= 4 is 72.9 Å². The lowest BCUT2D eigenvalue weighted by molar-refractivity contribution is 0.0390. The zero-order chi connectivity index (χ0) is 24.0. The Morgan fingerprint density at radius 2 is 1.18 bits per heavy atom. The number of carbonyl (C=O) groups is 5. The van der Waals surface area contributed by atoms with Crippen LogP contribution in [0.4, 0.5) is 0 Å². The highest BCUT2D eigenvalue weighted by atomic mass is 16.6. The smallest absolute Gasteiger partial charge is 0.346 e. The Labute approximate surface area is 188 Å². The number of rotatable bonds is 3. The molecule has 1 aliphatic rings. The lowest BCUT2D eigenvalue weighted by Crippen LogP contribution is -2.22. The Bertz CT molecular complexity index is 1830. The van der Waals surface area contributed by atoms with Gasteiger partial charge in [-0.1, -0.05) is 18.2 Å². The standard InChI is InChI=1S/C25H11NO8/c26-21(27)14-7-15-19-13(24(32)34-25(15)33)6-2-9-8-1-4-11(22(28)29)18-12(23(30)31)5-3-10(16(8)18)17(14)20(9)19/h1-7H,(H2,26,27)(H,28,29)(H,30,31). The Morgan fingerprint density at radius 3 is 1.79 bits per heavy atom. The fourth-order valence-electron chi connectivity index (χ4n) is 5.07. The van der Waals surface area contributed by atoms with Crippen LogP contribution >= 0.6 is 0 Å². The van der Waals surface area contributed by atoms with E-state index in [9.17, 15) is 34.2 Å². The van der Waals surface area contributed by atoms with Crippen LogP contribution in [-0.4, -0.2) is 40.0 Å². The van der Waals surface area contributed by atoms with E-state index in [1.165, 1.54) is 30.3 Å². The number of primary amides is 1. The summed E-state index contributed by atoms with van der Waals surface area (Å²) in [5, 5.41) is 22.2. The number of carboxylic acid groups (broad SMARTS) is 2. The van der Waals surface area contributed by atoms with Crippen LogP contribution in [0.15, 0.2) is 42.5 Å². The molecule has 0 fully saturated rings. The number of fused-ring (bicyclic) bond motifs is 2. The maximum absolute atomic E-state index is 12.5. The molecule has 0 aliphatic carbocycles. The number of cyclic esters (lactones) is 2. The number of hydrogen-bond acceptors (Lipinski definition) is 6. The van der Waals surface area contributed by atoms with Crippen LogP contribution in [-0.2, 0) is 4.74 Å². The summed E-state index contributed by atoms with van der Waals surface area (Å²) in [5.41, 5.74) is 5.34. The number of benzene rings is 5. The lowest BCUT2D eigenvalue weighted by atomic mass is 9.82. The van der Waals surface area contributed by atoms with E-state index in [-0.39, 0.29) is 33.2 Å². The summed E-state index contributed by atoms with van der Waals surface area (Å²) in [7, 11) is 0. The highest BCUT2D eigenvalue weighted by Crippen LogP contribution is 2.46. The second-order valence-corrected chi connectivity index (χ2v) is 7.98. The van der Waals surface area contributed by atoms with Gasteiger partial charge in [-0.3, -0.25) is 4.79 Å². The summed E-state index contributed by atoms with van der Waals surface area (Å²) in [6, 6.07) is 9.92. The van der Waals surface area contributed by atoms with Crippen molar-refractivity contribution in [1.29, 1.82) is 0 Å². The molecule has 34 heavy (non-hydrogen) atoms. The van der Waals surface area contributed by atoms with E-state index in [0.717, 1.165) is 0 Å². The van der Waals surface area contributed by atoms with Crippen LogP contribution in [0.2, 0.25) is 0 Å². The number of nitrogens with two attached hydrogens (primary N) is 1. The molecule has 0 aromatic heterocycles. The largest absolute Gasteiger partial charge is 0.478 e. The topological polar surface area (TPSA) is 161 Å². The van der Waals surface area contributed by atoms with Crippen molar-refractivity contribution in [2.45, 2.75) is 0 Å². The molecule has 1 heterocycles. The first-order valence-electron chi connectivity index (χ1n) is 9.97. The molecule has 9 nitrogen and oxygen atoms in total. The average molecular weight is 453 g/mol. The highest BCUT2D eigenvalue weighted by molar-refractivity contribution is 6.41. The van der Waals surface area contributed by atoms with Gasteiger partial charge in [-0.2, -0.15) is 0 Å². The van der Waals surface area contributed by atoms with E-state index in [0.29, 0.717) is 37.7 Å². The van der Waals surface area contributed by atoms with Crippen molar-refractivity contribution in [3.05, 3.63) is 70.3 Å². The lowest BCUT2D eigenvalue weighted by Gasteiger charge is -2.22. The van der Waals surface area contributed by atoms with Gasteiger partial charge >= 0.3 is 23.9 Å². The third-order valence-corrected chi connectivity index (χ3v) is 6.35. The van der Waals surface area contributed by atoms with Gasteiger partial charge in [-0.25, -0.2) is 19.2 Å². The van der Waals surface area contributed by atoms with Gasteiger partial charge in [0.05, 0.1) is 22.3 Å². The molecule has 1 amide bonds. The van der Waals surface area contributed by atoms with Crippen molar-refractivity contribution in [3.8, 4) is 0 Å². The first-order valence-corrected chi connectivity index (χ1v) is 9.97. The molecule has 5 aromatic carbocycles. The van der Waals surface area contributed by atoms with E-state index in [4.69, 9.17) is 10.5 Å². The van der Waals surface area contributed by atoms with Gasteiger partial charge in [0, 0.05) is 21.7 Å². The molecule has 0 spiro atoms. The van der Waals surface area contributed by atoms with Gasteiger partial charge < -0.3 is 20.7 Å². The third kappa shape index (κ3) is 2.24. The quantitative estimate of drug-likeness (QED) is 0.162. The second-order valence-electron chi connectivity index (χ2n) is 7.98. The summed E-state index contributed by atoms with van der Waals surface area (Å²) in [6.45, 7) is 0. The van der Waals surface area contributed by atoms with Gasteiger partial charge in [0.2, 0.25) is 5.91 Å². The van der Waals surface area contributed by atoms with Crippen molar-refractivity contribution < 1.29 is 38.9 Å². The van der Waals surface area contributed by atoms with E-state index in [1.807, 2.05) is 0 Å². The summed E-state index contributed by atoms with van der Waals surface area (Å²) in [6.07, 6.45) is 0. The minimum atomic E-state index is -1.31. The number of carbonyl (C=O) groups excluding carboxylic acids is 3. The maximum atomic E-state index is 12.5. The molecule has 0 radical (unpaired) electrons. The van der Waals surface area contributed by atoms with E-state index in [1.54, 1.807) is 12.1 Å². The zero-order valence-corrected chi connectivity index (χ0v) is 17.0. The molecule has 0 saturated carbocycles. The maximum Gasteiger partial charge on any atom is 0.346 e. The molecule has 5 aromatic rings. The van der Waals surface area contributed by atoms with Crippen LogP contribution in [0, 0.1) is 0 Å². The average Bonchev–Trinajstić information content (AvgIpc) is 2.79. The highest BCUT2D eigenvalue weighted by Gasteiger charge is 2.32. The van der Waals surface area contributed by atoms with Crippen LogP contribution in [0.25, 0.3) is 43.1 Å². The van der Waals surface area contributed by atoms with Gasteiger partial charge in [-0.05, 0) is 51.2 Å². The first-order chi connectivity index (χ1) is 16.2. The number of ether oxygens (including phenoxy) is 1. The number of esters is 2. The monoisotopic (exact) mass is 453 g/mol. The zero-order valence-electron chi connectivity index (χ0n) is 17.0. The van der Waals surface area contributed by atoms with Gasteiger partial charge in [0.15, 0.2) is 0 Å². The third-order valence-electron chi connectivity index (χ3n) is 6.35. The molecule has 4 N–H and O–H groups in total. The molecule has 0 atom stereocenters. The minimum absolute atomic E-state index is 0.0000428. The van der Waals surface area contributed by atoms with Crippen molar-refractivity contribution in [2.75, 3.05) is 0 Å². The summed E-state index contributed by atoms with van der Waals surface area (Å²) in [5.74, 6) is -5.23. The molecular formula is C25H11NO8. The predicted octanol–water partition coefficient (Wildman–Crippen LogP) is 3.54. The fraction of sp³-hybridized carbons (Fsp3) is 0. The molecule has 0 unspecified atom stereocenters. The van der Waals surface area contributed by atoms with Crippen LogP contribution < -0.4 is 5.73 Å². The van der Waals surface area contributed by atoms with Crippen molar-refractivity contribution in [3.63, 3.8) is 0 Å². The Hall–Kier alpha value is -5.05. The Morgan fingerprint density at radius 1 is 0.618 bits per heavy atom.